The number of rotatable bonds is 7. The number of hydrogen-bond acceptors (Lipinski definition) is 5. The molecule has 122 valence electrons. The van der Waals surface area contributed by atoms with Gasteiger partial charge in [0.25, 0.3) is 0 Å². The van der Waals surface area contributed by atoms with E-state index in [2.05, 4.69) is 5.32 Å². The van der Waals surface area contributed by atoms with E-state index in [9.17, 15) is 9.59 Å². The molecule has 0 fully saturated rings. The molecule has 0 bridgehead atoms. The molecule has 0 unspecified atom stereocenters. The Bertz CT molecular complexity index is 551. The number of anilines is 1. The van der Waals surface area contributed by atoms with E-state index < -0.39 is 5.25 Å². The van der Waals surface area contributed by atoms with Crippen LogP contribution >= 0.6 is 23.4 Å². The maximum atomic E-state index is 12.2. The lowest BCUT2D eigenvalue weighted by Gasteiger charge is -2.15. The van der Waals surface area contributed by atoms with E-state index in [0.29, 0.717) is 23.1 Å². The van der Waals surface area contributed by atoms with Gasteiger partial charge in [-0.05, 0) is 32.4 Å². The normalized spacial score (nSPS) is 11.7. The number of methoxy groups -OCH3 is 1. The van der Waals surface area contributed by atoms with E-state index in [1.807, 2.05) is 6.92 Å². The number of thioether (sulfide) groups is 1. The summed E-state index contributed by atoms with van der Waals surface area (Å²) in [6.45, 7) is 5.65. The predicted octanol–water partition coefficient (Wildman–Crippen LogP) is 3.28. The van der Waals surface area contributed by atoms with Gasteiger partial charge in [-0.3, -0.25) is 9.59 Å². The molecule has 1 aromatic carbocycles. The minimum atomic E-state index is -0.398. The monoisotopic (exact) mass is 345 g/mol. The Morgan fingerprint density at radius 3 is 2.68 bits per heavy atom. The van der Waals surface area contributed by atoms with Crippen LogP contribution in [0.4, 0.5) is 5.69 Å². The van der Waals surface area contributed by atoms with Crippen molar-refractivity contribution in [3.05, 3.63) is 22.7 Å². The minimum absolute atomic E-state index is 0.138. The Labute approximate surface area is 139 Å². The zero-order chi connectivity index (χ0) is 16.7. The van der Waals surface area contributed by atoms with Crippen molar-refractivity contribution in [1.82, 2.24) is 0 Å². The van der Waals surface area contributed by atoms with Crippen molar-refractivity contribution in [3.8, 4) is 5.75 Å². The number of esters is 1. The van der Waals surface area contributed by atoms with Crippen LogP contribution in [0.3, 0.4) is 0 Å². The van der Waals surface area contributed by atoms with Crippen LogP contribution in [0.25, 0.3) is 0 Å². The molecule has 22 heavy (non-hydrogen) atoms. The predicted molar refractivity (Wildman–Crippen MR) is 89.9 cm³/mol. The van der Waals surface area contributed by atoms with Crippen molar-refractivity contribution in [2.45, 2.75) is 26.0 Å². The topological polar surface area (TPSA) is 64.6 Å². The highest BCUT2D eigenvalue weighted by Crippen LogP contribution is 2.31. The van der Waals surface area contributed by atoms with Gasteiger partial charge in [0.1, 0.15) is 5.75 Å². The van der Waals surface area contributed by atoms with Crippen molar-refractivity contribution in [2.24, 2.45) is 0 Å². The van der Waals surface area contributed by atoms with Crippen LogP contribution in [0.15, 0.2) is 12.1 Å². The van der Waals surface area contributed by atoms with Gasteiger partial charge in [0, 0.05) is 11.1 Å². The Morgan fingerprint density at radius 1 is 1.41 bits per heavy atom. The van der Waals surface area contributed by atoms with Crippen LogP contribution in [-0.2, 0) is 14.3 Å². The number of amides is 1. The number of nitrogens with one attached hydrogen (secondary N) is 1. The summed E-state index contributed by atoms with van der Waals surface area (Å²) >= 11 is 7.25. The van der Waals surface area contributed by atoms with Crippen LogP contribution < -0.4 is 10.1 Å². The van der Waals surface area contributed by atoms with Gasteiger partial charge in [-0.2, -0.15) is 0 Å². The third-order valence-electron chi connectivity index (χ3n) is 2.86. The third kappa shape index (κ3) is 5.42. The summed E-state index contributed by atoms with van der Waals surface area (Å²) in [6.07, 6.45) is 0. The van der Waals surface area contributed by atoms with E-state index in [1.165, 1.54) is 18.9 Å². The summed E-state index contributed by atoms with van der Waals surface area (Å²) < 4.78 is 10.0. The Hall–Kier alpha value is -1.40. The molecular weight excluding hydrogens is 326 g/mol. The third-order valence-corrected chi connectivity index (χ3v) is 4.39. The van der Waals surface area contributed by atoms with E-state index in [0.717, 1.165) is 5.56 Å². The van der Waals surface area contributed by atoms with Gasteiger partial charge in [-0.25, -0.2) is 0 Å². The maximum Gasteiger partial charge on any atom is 0.315 e. The van der Waals surface area contributed by atoms with Crippen LogP contribution in [-0.4, -0.2) is 36.6 Å². The van der Waals surface area contributed by atoms with Crippen LogP contribution in [0.1, 0.15) is 19.4 Å². The van der Waals surface area contributed by atoms with E-state index in [1.54, 1.807) is 26.0 Å². The van der Waals surface area contributed by atoms with Crippen molar-refractivity contribution < 1.29 is 19.1 Å². The maximum absolute atomic E-state index is 12.2. The molecule has 5 nitrogen and oxygen atoms in total. The highest BCUT2D eigenvalue weighted by atomic mass is 35.5. The summed E-state index contributed by atoms with van der Waals surface area (Å²) in [5, 5.41) is 2.96. The van der Waals surface area contributed by atoms with E-state index in [-0.39, 0.29) is 17.6 Å². The summed E-state index contributed by atoms with van der Waals surface area (Å²) in [5.41, 5.74) is 1.39. The average molecular weight is 346 g/mol. The molecule has 0 heterocycles. The zero-order valence-electron chi connectivity index (χ0n) is 13.1. The molecule has 1 atom stereocenters. The molecule has 1 amide bonds. The number of carbonyl (C=O) groups excluding carboxylic acids is 2. The first kappa shape index (κ1) is 18.6. The zero-order valence-corrected chi connectivity index (χ0v) is 14.6. The molecule has 7 heteroatoms. The Balaban J connectivity index is 2.68. The quantitative estimate of drug-likeness (QED) is 0.768. The number of aryl methyl sites for hydroxylation is 1. The van der Waals surface area contributed by atoms with Crippen LogP contribution in [0.2, 0.25) is 5.02 Å². The number of ether oxygens (including phenoxy) is 2. The minimum Gasteiger partial charge on any atom is -0.495 e. The van der Waals surface area contributed by atoms with Crippen molar-refractivity contribution in [2.75, 3.05) is 24.8 Å². The lowest BCUT2D eigenvalue weighted by molar-refractivity contribution is -0.139. The van der Waals surface area contributed by atoms with Crippen molar-refractivity contribution in [1.29, 1.82) is 0 Å². The van der Waals surface area contributed by atoms with Gasteiger partial charge < -0.3 is 14.8 Å². The van der Waals surface area contributed by atoms with Gasteiger partial charge in [0.05, 0.1) is 30.4 Å². The molecule has 0 aliphatic rings. The van der Waals surface area contributed by atoms with Crippen LogP contribution in [0, 0.1) is 6.92 Å². The number of hydrogen-bond donors (Lipinski definition) is 1. The van der Waals surface area contributed by atoms with Gasteiger partial charge in [0.15, 0.2) is 0 Å². The first-order valence-corrected chi connectivity index (χ1v) is 8.23. The summed E-state index contributed by atoms with van der Waals surface area (Å²) in [7, 11) is 1.51. The van der Waals surface area contributed by atoms with Gasteiger partial charge >= 0.3 is 5.97 Å². The fourth-order valence-electron chi connectivity index (χ4n) is 1.64. The molecule has 0 saturated carbocycles. The lowest BCUT2D eigenvalue weighted by Crippen LogP contribution is -2.24. The highest BCUT2D eigenvalue weighted by molar-refractivity contribution is 8.01. The highest BCUT2D eigenvalue weighted by Gasteiger charge is 2.18. The average Bonchev–Trinajstić information content (AvgIpc) is 2.48. The second-order valence-corrected chi connectivity index (χ2v) is 6.29. The second-order valence-electron chi connectivity index (χ2n) is 4.55. The van der Waals surface area contributed by atoms with E-state index in [4.69, 9.17) is 21.1 Å². The van der Waals surface area contributed by atoms with Gasteiger partial charge in [-0.1, -0.05) is 11.6 Å². The summed E-state index contributed by atoms with van der Waals surface area (Å²) in [5.74, 6) is 0.0899. The molecule has 0 aliphatic heterocycles. The van der Waals surface area contributed by atoms with Crippen LogP contribution in [0.5, 0.6) is 5.75 Å². The summed E-state index contributed by atoms with van der Waals surface area (Å²) in [4.78, 5) is 23.5. The largest absolute Gasteiger partial charge is 0.495 e. The van der Waals surface area contributed by atoms with Gasteiger partial charge in [0.2, 0.25) is 5.91 Å². The number of benzene rings is 1. The van der Waals surface area contributed by atoms with Gasteiger partial charge in [-0.15, -0.1) is 11.8 Å². The molecule has 0 saturated heterocycles. The first-order chi connectivity index (χ1) is 10.4. The Morgan fingerprint density at radius 2 is 2.09 bits per heavy atom. The molecular formula is C15H20ClNO4S. The SMILES string of the molecule is CCOC(=O)CS[C@H](C)C(=O)Nc1cc(C)c(Cl)cc1OC. The van der Waals surface area contributed by atoms with Crippen molar-refractivity contribution in [3.63, 3.8) is 0 Å². The number of halogens is 1. The van der Waals surface area contributed by atoms with Crippen molar-refractivity contribution >= 4 is 40.9 Å². The fraction of sp³-hybridized carbons (Fsp3) is 0.467. The molecule has 1 N–H and O–H groups in total. The first-order valence-electron chi connectivity index (χ1n) is 6.81. The smallest absolute Gasteiger partial charge is 0.315 e. The molecule has 0 aliphatic carbocycles. The summed E-state index contributed by atoms with van der Waals surface area (Å²) in [6, 6.07) is 3.41. The molecule has 1 aromatic rings. The Kier molecular flexibility index (Phi) is 7.55. The molecule has 0 radical (unpaired) electrons. The van der Waals surface area contributed by atoms with E-state index >= 15 is 0 Å². The molecule has 0 aromatic heterocycles. The lowest BCUT2D eigenvalue weighted by atomic mass is 10.2. The fourth-order valence-corrected chi connectivity index (χ4v) is 2.47. The molecule has 1 rings (SSSR count). The number of carbonyl (C=O) groups is 2. The second kappa shape index (κ2) is 8.90. The molecule has 0 spiro atoms. The standard InChI is InChI=1S/C15H20ClNO4S/c1-5-21-14(18)8-22-10(3)15(19)17-12-6-9(2)11(16)7-13(12)20-4/h6-7,10H,5,8H2,1-4H3,(H,17,19)/t10-/m1/s1.